The van der Waals surface area contributed by atoms with Gasteiger partial charge in [-0.2, -0.15) is 0 Å². The number of nitrogens with one attached hydrogen (secondary N) is 1. The zero-order valence-electron chi connectivity index (χ0n) is 11.1. The fraction of sp³-hybridized carbons (Fsp3) is 0.214. The molecule has 0 aliphatic carbocycles. The van der Waals surface area contributed by atoms with Crippen LogP contribution in [0.2, 0.25) is 0 Å². The minimum Gasteiger partial charge on any atom is -0.370 e. The number of guanidine groups is 1. The summed E-state index contributed by atoms with van der Waals surface area (Å²) in [7, 11) is 0. The largest absolute Gasteiger partial charge is 0.370 e. The number of hydrogen-bond acceptors (Lipinski definition) is 2. The minimum atomic E-state index is 0. The standard InChI is InChI=1S/C14H16IN3S.HI/c1-10-3-2-4-11(9-10)18-14(16)17-8-7-12-5-6-13(15)19-12;/h2-6,9H,7-8H2,1H3,(H3,16,17,18);1H. The van der Waals surface area contributed by atoms with Gasteiger partial charge in [-0.3, -0.25) is 4.99 Å². The average Bonchev–Trinajstić information content (AvgIpc) is 2.75. The summed E-state index contributed by atoms with van der Waals surface area (Å²) in [5.41, 5.74) is 8.04. The Morgan fingerprint density at radius 1 is 1.35 bits per heavy atom. The highest BCUT2D eigenvalue weighted by atomic mass is 127. The maximum absolute atomic E-state index is 5.87. The molecule has 3 nitrogen and oxygen atoms in total. The third kappa shape index (κ3) is 5.96. The van der Waals surface area contributed by atoms with Gasteiger partial charge in [0.05, 0.1) is 2.88 Å². The highest BCUT2D eigenvalue weighted by molar-refractivity contribution is 14.1. The lowest BCUT2D eigenvalue weighted by molar-refractivity contribution is 0.983. The first-order valence-electron chi connectivity index (χ1n) is 6.01. The van der Waals surface area contributed by atoms with Gasteiger partial charge >= 0.3 is 0 Å². The molecular formula is C14H17I2N3S. The highest BCUT2D eigenvalue weighted by Crippen LogP contribution is 2.18. The smallest absolute Gasteiger partial charge is 0.193 e. The molecule has 0 aliphatic heterocycles. The van der Waals surface area contributed by atoms with Crippen molar-refractivity contribution in [2.45, 2.75) is 13.3 Å². The second kappa shape index (κ2) is 8.83. The van der Waals surface area contributed by atoms with Gasteiger partial charge in [0, 0.05) is 23.5 Å². The van der Waals surface area contributed by atoms with E-state index in [0.717, 1.165) is 12.1 Å². The minimum absolute atomic E-state index is 0. The average molecular weight is 513 g/mol. The van der Waals surface area contributed by atoms with Crippen molar-refractivity contribution in [3.63, 3.8) is 0 Å². The first kappa shape index (κ1) is 17.7. The predicted octanol–water partition coefficient (Wildman–Crippen LogP) is 4.25. The van der Waals surface area contributed by atoms with Crippen LogP contribution in [0, 0.1) is 9.81 Å². The van der Waals surface area contributed by atoms with Gasteiger partial charge in [-0.15, -0.1) is 35.3 Å². The molecule has 0 spiro atoms. The summed E-state index contributed by atoms with van der Waals surface area (Å²) in [4.78, 5) is 5.69. The Bertz CT molecular complexity index is 581. The Morgan fingerprint density at radius 2 is 2.15 bits per heavy atom. The zero-order valence-corrected chi connectivity index (χ0v) is 16.4. The topological polar surface area (TPSA) is 50.4 Å². The molecule has 20 heavy (non-hydrogen) atoms. The maximum Gasteiger partial charge on any atom is 0.193 e. The van der Waals surface area contributed by atoms with Gasteiger partial charge in [0.1, 0.15) is 0 Å². The molecule has 1 aromatic carbocycles. The van der Waals surface area contributed by atoms with E-state index < -0.39 is 0 Å². The van der Waals surface area contributed by atoms with Gasteiger partial charge in [-0.25, -0.2) is 0 Å². The number of benzene rings is 1. The van der Waals surface area contributed by atoms with Crippen molar-refractivity contribution in [3.8, 4) is 0 Å². The molecule has 108 valence electrons. The lowest BCUT2D eigenvalue weighted by Gasteiger charge is -2.06. The van der Waals surface area contributed by atoms with Crippen molar-refractivity contribution < 1.29 is 0 Å². The Balaban J connectivity index is 0.00000200. The number of nitrogens with zero attached hydrogens (tertiary/aromatic N) is 1. The van der Waals surface area contributed by atoms with Gasteiger partial charge < -0.3 is 11.1 Å². The number of hydrogen-bond donors (Lipinski definition) is 2. The van der Waals surface area contributed by atoms with Gasteiger partial charge in [0.2, 0.25) is 0 Å². The number of halogens is 2. The monoisotopic (exact) mass is 513 g/mol. The fourth-order valence-corrected chi connectivity index (χ4v) is 3.43. The van der Waals surface area contributed by atoms with Crippen LogP contribution in [-0.4, -0.2) is 12.5 Å². The van der Waals surface area contributed by atoms with Crippen molar-refractivity contribution in [3.05, 3.63) is 49.7 Å². The van der Waals surface area contributed by atoms with Gasteiger partial charge in [-0.05, 0) is 59.3 Å². The molecule has 0 radical (unpaired) electrons. The molecule has 0 amide bonds. The van der Waals surface area contributed by atoms with Crippen LogP contribution in [0.15, 0.2) is 41.4 Å². The summed E-state index contributed by atoms with van der Waals surface area (Å²) >= 11 is 4.13. The quantitative estimate of drug-likeness (QED) is 0.365. The molecule has 0 unspecified atom stereocenters. The van der Waals surface area contributed by atoms with Crippen LogP contribution in [-0.2, 0) is 6.42 Å². The number of aliphatic imine (C=N–C) groups is 1. The summed E-state index contributed by atoms with van der Waals surface area (Å²) in [6.45, 7) is 2.76. The first-order chi connectivity index (χ1) is 9.13. The van der Waals surface area contributed by atoms with Crippen LogP contribution < -0.4 is 11.1 Å². The van der Waals surface area contributed by atoms with Crippen LogP contribution in [0.1, 0.15) is 10.4 Å². The van der Waals surface area contributed by atoms with E-state index in [1.54, 1.807) is 11.3 Å². The number of nitrogens with two attached hydrogens (primary N) is 1. The second-order valence-electron chi connectivity index (χ2n) is 4.22. The third-order valence-corrected chi connectivity index (χ3v) is 4.51. The molecule has 2 rings (SSSR count). The fourth-order valence-electron chi connectivity index (χ4n) is 1.68. The molecule has 0 saturated heterocycles. The number of rotatable bonds is 4. The molecule has 1 heterocycles. The normalized spacial score (nSPS) is 11.0. The molecule has 0 atom stereocenters. The Hall–Kier alpha value is -0.350. The molecule has 0 bridgehead atoms. The van der Waals surface area contributed by atoms with Crippen LogP contribution >= 0.6 is 57.9 Å². The second-order valence-corrected chi connectivity index (χ2v) is 7.28. The van der Waals surface area contributed by atoms with E-state index in [4.69, 9.17) is 5.73 Å². The first-order valence-corrected chi connectivity index (χ1v) is 7.91. The SMILES string of the molecule is Cc1cccc(NC(N)=NCCc2ccc(I)s2)c1.I. The van der Waals surface area contributed by atoms with Crippen molar-refractivity contribution in [1.29, 1.82) is 0 Å². The number of thiophene rings is 1. The van der Waals surface area contributed by atoms with Crippen molar-refractivity contribution in [2.75, 3.05) is 11.9 Å². The summed E-state index contributed by atoms with van der Waals surface area (Å²) in [6.07, 6.45) is 0.934. The van der Waals surface area contributed by atoms with Gasteiger partial charge in [-0.1, -0.05) is 12.1 Å². The lowest BCUT2D eigenvalue weighted by Crippen LogP contribution is -2.23. The summed E-state index contributed by atoms with van der Waals surface area (Å²) in [5.74, 6) is 0.469. The van der Waals surface area contributed by atoms with Crippen LogP contribution in [0.3, 0.4) is 0 Å². The zero-order chi connectivity index (χ0) is 13.7. The van der Waals surface area contributed by atoms with E-state index in [9.17, 15) is 0 Å². The van der Waals surface area contributed by atoms with Crippen molar-refractivity contribution in [2.24, 2.45) is 10.7 Å². The van der Waals surface area contributed by atoms with E-state index >= 15 is 0 Å². The van der Waals surface area contributed by atoms with Crippen molar-refractivity contribution >= 4 is 69.6 Å². The molecule has 3 N–H and O–H groups in total. The lowest BCUT2D eigenvalue weighted by atomic mass is 10.2. The van der Waals surface area contributed by atoms with E-state index in [1.807, 2.05) is 18.2 Å². The summed E-state index contributed by atoms with van der Waals surface area (Å²) in [5, 5.41) is 3.10. The van der Waals surface area contributed by atoms with Crippen LogP contribution in [0.4, 0.5) is 5.69 Å². The molecular weight excluding hydrogens is 496 g/mol. The molecule has 0 aliphatic rings. The summed E-state index contributed by atoms with van der Waals surface area (Å²) in [6, 6.07) is 12.3. The Labute approximate surface area is 154 Å². The molecule has 2 aromatic rings. The Morgan fingerprint density at radius 3 is 2.80 bits per heavy atom. The third-order valence-electron chi connectivity index (χ3n) is 2.56. The summed E-state index contributed by atoms with van der Waals surface area (Å²) < 4.78 is 1.31. The number of aryl methyl sites for hydroxylation is 1. The molecule has 1 aromatic heterocycles. The van der Waals surface area contributed by atoms with E-state index in [1.165, 1.54) is 13.3 Å². The van der Waals surface area contributed by atoms with Gasteiger partial charge in [0.15, 0.2) is 5.96 Å². The Kier molecular flexibility index (Phi) is 7.82. The van der Waals surface area contributed by atoms with E-state index in [2.05, 4.69) is 58.0 Å². The van der Waals surface area contributed by atoms with Crippen molar-refractivity contribution in [1.82, 2.24) is 0 Å². The van der Waals surface area contributed by atoms with E-state index in [0.29, 0.717) is 12.5 Å². The van der Waals surface area contributed by atoms with Crippen LogP contribution in [0.25, 0.3) is 0 Å². The maximum atomic E-state index is 5.87. The predicted molar refractivity (Wildman–Crippen MR) is 107 cm³/mol. The van der Waals surface area contributed by atoms with Crippen LogP contribution in [0.5, 0.6) is 0 Å². The van der Waals surface area contributed by atoms with Gasteiger partial charge in [0.25, 0.3) is 0 Å². The molecule has 0 saturated carbocycles. The highest BCUT2D eigenvalue weighted by Gasteiger charge is 1.98. The van der Waals surface area contributed by atoms with E-state index in [-0.39, 0.29) is 24.0 Å². The number of anilines is 1. The molecule has 0 fully saturated rings. The molecule has 6 heteroatoms.